The van der Waals surface area contributed by atoms with Crippen molar-refractivity contribution in [1.82, 2.24) is 10.2 Å². The summed E-state index contributed by atoms with van der Waals surface area (Å²) in [6.07, 6.45) is 2.24. The average molecular weight is 282 g/mol. The Labute approximate surface area is 118 Å². The van der Waals surface area contributed by atoms with Gasteiger partial charge in [0.15, 0.2) is 0 Å². The first kappa shape index (κ1) is 16.1. The molecule has 0 bridgehead atoms. The first-order chi connectivity index (χ1) is 9.36. The van der Waals surface area contributed by atoms with Gasteiger partial charge in [-0.25, -0.2) is 9.59 Å². The summed E-state index contributed by atoms with van der Waals surface area (Å²) >= 11 is 0. The minimum absolute atomic E-state index is 0.336. The third-order valence-electron chi connectivity index (χ3n) is 3.68. The Balaban J connectivity index is 2.74. The van der Waals surface area contributed by atoms with E-state index in [0.717, 1.165) is 11.3 Å². The van der Waals surface area contributed by atoms with Crippen LogP contribution >= 0.6 is 0 Å². The predicted octanol–water partition coefficient (Wildman–Crippen LogP) is 2.37. The van der Waals surface area contributed by atoms with Crippen LogP contribution < -0.4 is 5.32 Å². The van der Waals surface area contributed by atoms with Crippen molar-refractivity contribution in [3.63, 3.8) is 0 Å². The van der Waals surface area contributed by atoms with E-state index in [9.17, 15) is 14.7 Å². The molecule has 0 aliphatic heterocycles. The monoisotopic (exact) mass is 282 g/mol. The maximum Gasteiger partial charge on any atom is 0.329 e. The van der Waals surface area contributed by atoms with Crippen molar-refractivity contribution in [2.45, 2.75) is 45.7 Å². The van der Waals surface area contributed by atoms with Crippen molar-refractivity contribution in [2.24, 2.45) is 0 Å². The topological polar surface area (TPSA) is 82.8 Å². The fourth-order valence-electron chi connectivity index (χ4n) is 1.99. The number of carboxylic acids is 1. The summed E-state index contributed by atoms with van der Waals surface area (Å²) in [5.74, 6) is -0.260. The lowest BCUT2D eigenvalue weighted by Gasteiger charge is -2.30. The lowest BCUT2D eigenvalue weighted by molar-refractivity contribution is -0.144. The molecular formula is C14H22N2O4. The van der Waals surface area contributed by atoms with E-state index in [4.69, 9.17) is 4.42 Å². The molecule has 1 aromatic heterocycles. The number of amides is 2. The number of hydrogen-bond donors (Lipinski definition) is 2. The fraction of sp³-hybridized carbons (Fsp3) is 0.571. The minimum Gasteiger partial charge on any atom is -0.480 e. The molecule has 0 saturated carbocycles. The molecular weight excluding hydrogens is 260 g/mol. The van der Waals surface area contributed by atoms with Gasteiger partial charge in [0.25, 0.3) is 0 Å². The van der Waals surface area contributed by atoms with E-state index in [-0.39, 0.29) is 0 Å². The van der Waals surface area contributed by atoms with Crippen LogP contribution in [0.3, 0.4) is 0 Å². The number of carbonyl (C=O) groups is 2. The zero-order valence-corrected chi connectivity index (χ0v) is 12.4. The molecule has 1 heterocycles. The van der Waals surface area contributed by atoms with Crippen LogP contribution in [0, 0.1) is 6.92 Å². The van der Waals surface area contributed by atoms with Crippen LogP contribution in [0.1, 0.15) is 38.0 Å². The van der Waals surface area contributed by atoms with Gasteiger partial charge in [0.05, 0.1) is 12.8 Å². The Hall–Kier alpha value is -1.98. The molecule has 0 fully saturated rings. The minimum atomic E-state index is -1.21. The van der Waals surface area contributed by atoms with Crippen molar-refractivity contribution in [1.29, 1.82) is 0 Å². The van der Waals surface area contributed by atoms with Gasteiger partial charge in [-0.3, -0.25) is 0 Å². The second-order valence-electron chi connectivity index (χ2n) is 4.88. The van der Waals surface area contributed by atoms with Gasteiger partial charge < -0.3 is 19.7 Å². The highest BCUT2D eigenvalue weighted by molar-refractivity contribution is 5.86. The van der Waals surface area contributed by atoms with E-state index >= 15 is 0 Å². The third-order valence-corrected chi connectivity index (χ3v) is 3.68. The standard InChI is InChI=1S/C14H22N2O4/c1-5-14(6-2,12(17)18)15-13(19)16(4)9-11-7-8-20-10(11)3/h7-8H,5-6,9H2,1-4H3,(H,15,19)(H,17,18). The first-order valence-corrected chi connectivity index (χ1v) is 6.66. The van der Waals surface area contributed by atoms with E-state index in [1.54, 1.807) is 33.2 Å². The van der Waals surface area contributed by atoms with Gasteiger partial charge in [0.1, 0.15) is 11.3 Å². The highest BCUT2D eigenvalue weighted by Crippen LogP contribution is 2.17. The number of aliphatic carboxylic acids is 1. The van der Waals surface area contributed by atoms with Crippen LogP contribution in [0.5, 0.6) is 0 Å². The molecule has 2 N–H and O–H groups in total. The molecule has 1 rings (SSSR count). The number of aryl methyl sites for hydroxylation is 1. The van der Waals surface area contributed by atoms with Crippen LogP contribution in [-0.4, -0.2) is 34.6 Å². The highest BCUT2D eigenvalue weighted by atomic mass is 16.4. The van der Waals surface area contributed by atoms with Crippen LogP contribution in [-0.2, 0) is 11.3 Å². The molecule has 0 aromatic carbocycles. The molecule has 0 spiro atoms. The smallest absolute Gasteiger partial charge is 0.329 e. The average Bonchev–Trinajstić information content (AvgIpc) is 2.81. The van der Waals surface area contributed by atoms with E-state index in [1.165, 1.54) is 4.90 Å². The molecule has 0 aliphatic carbocycles. The molecule has 0 saturated heterocycles. The Morgan fingerprint density at radius 3 is 2.40 bits per heavy atom. The molecule has 0 radical (unpaired) electrons. The number of carboxylic acid groups (broad SMARTS) is 1. The second kappa shape index (κ2) is 6.45. The van der Waals surface area contributed by atoms with Crippen molar-refractivity contribution in [2.75, 3.05) is 7.05 Å². The summed E-state index contributed by atoms with van der Waals surface area (Å²) in [6.45, 7) is 5.69. The van der Waals surface area contributed by atoms with Crippen LogP contribution in [0.2, 0.25) is 0 Å². The van der Waals surface area contributed by atoms with Crippen molar-refractivity contribution in [3.05, 3.63) is 23.7 Å². The zero-order valence-electron chi connectivity index (χ0n) is 12.4. The van der Waals surface area contributed by atoms with Crippen LogP contribution in [0.25, 0.3) is 0 Å². The Bertz CT molecular complexity index is 477. The van der Waals surface area contributed by atoms with Crippen molar-refractivity contribution in [3.8, 4) is 0 Å². The zero-order chi connectivity index (χ0) is 15.3. The van der Waals surface area contributed by atoms with Gasteiger partial charge in [0, 0.05) is 12.6 Å². The number of nitrogens with one attached hydrogen (secondary N) is 1. The molecule has 2 amide bonds. The van der Waals surface area contributed by atoms with Crippen LogP contribution in [0.15, 0.2) is 16.7 Å². The molecule has 0 atom stereocenters. The maximum atomic E-state index is 12.1. The summed E-state index contributed by atoms with van der Waals surface area (Å²) in [5.41, 5.74) is -0.312. The third kappa shape index (κ3) is 3.31. The number of rotatable bonds is 6. The van der Waals surface area contributed by atoms with Crippen molar-refractivity contribution < 1.29 is 19.1 Å². The molecule has 0 unspecified atom stereocenters. The van der Waals surface area contributed by atoms with Crippen molar-refractivity contribution >= 4 is 12.0 Å². The lowest BCUT2D eigenvalue weighted by Crippen LogP contribution is -2.56. The van der Waals surface area contributed by atoms with Gasteiger partial charge in [-0.1, -0.05) is 13.8 Å². The largest absolute Gasteiger partial charge is 0.480 e. The summed E-state index contributed by atoms with van der Waals surface area (Å²) in [6, 6.07) is 1.39. The molecule has 0 aliphatic rings. The van der Waals surface area contributed by atoms with Gasteiger partial charge >= 0.3 is 12.0 Å². The number of urea groups is 1. The number of nitrogens with zero attached hydrogens (tertiary/aromatic N) is 1. The normalized spacial score (nSPS) is 11.2. The molecule has 112 valence electrons. The highest BCUT2D eigenvalue weighted by Gasteiger charge is 2.37. The van der Waals surface area contributed by atoms with E-state index < -0.39 is 17.5 Å². The summed E-state index contributed by atoms with van der Waals surface area (Å²) in [7, 11) is 1.62. The van der Waals surface area contributed by atoms with E-state index in [0.29, 0.717) is 19.4 Å². The summed E-state index contributed by atoms with van der Waals surface area (Å²) < 4.78 is 5.17. The quantitative estimate of drug-likeness (QED) is 0.839. The Kier molecular flexibility index (Phi) is 5.19. The summed E-state index contributed by atoms with van der Waals surface area (Å²) in [4.78, 5) is 24.9. The lowest BCUT2D eigenvalue weighted by atomic mass is 9.93. The number of furan rings is 1. The van der Waals surface area contributed by atoms with Crippen LogP contribution in [0.4, 0.5) is 4.79 Å². The Morgan fingerprint density at radius 2 is 2.00 bits per heavy atom. The predicted molar refractivity (Wildman–Crippen MR) is 74.4 cm³/mol. The van der Waals surface area contributed by atoms with Gasteiger partial charge in [-0.15, -0.1) is 0 Å². The second-order valence-corrected chi connectivity index (χ2v) is 4.88. The fourth-order valence-corrected chi connectivity index (χ4v) is 1.99. The SMILES string of the molecule is CCC(CC)(NC(=O)N(C)Cc1ccoc1C)C(=O)O. The maximum absolute atomic E-state index is 12.1. The molecule has 20 heavy (non-hydrogen) atoms. The summed E-state index contributed by atoms with van der Waals surface area (Å²) in [5, 5.41) is 11.9. The molecule has 6 nitrogen and oxygen atoms in total. The number of carbonyl (C=O) groups excluding carboxylic acids is 1. The molecule has 1 aromatic rings. The first-order valence-electron chi connectivity index (χ1n) is 6.66. The van der Waals surface area contributed by atoms with E-state index in [1.807, 2.05) is 6.92 Å². The van der Waals surface area contributed by atoms with Gasteiger partial charge in [-0.05, 0) is 25.8 Å². The number of hydrogen-bond acceptors (Lipinski definition) is 3. The Morgan fingerprint density at radius 1 is 1.40 bits per heavy atom. The van der Waals surface area contributed by atoms with Gasteiger partial charge in [-0.2, -0.15) is 0 Å². The van der Waals surface area contributed by atoms with E-state index in [2.05, 4.69) is 5.32 Å². The van der Waals surface area contributed by atoms with Gasteiger partial charge in [0.2, 0.25) is 0 Å². The molecule has 6 heteroatoms.